The number of allylic oxidation sites excluding steroid dienone is 1. The molecular weight excluding hydrogens is 638 g/mol. The number of phenolic OH excluding ortho intramolecular Hbond substituents is 1. The Morgan fingerprint density at radius 1 is 0.918 bits per heavy atom. The highest BCUT2D eigenvalue weighted by Crippen LogP contribution is 2.55. The van der Waals surface area contributed by atoms with E-state index in [1.807, 2.05) is 0 Å². The SMILES string of the molecule is COc1c(O)c2c(=O)cc(CO)c3c4c(CO)cc(NCCC(=O)OC=O)c5c(=O)c(CCC(=O)O)c6c(c(c1C(C(C)=O)C(C)=C6)c23)c54. The van der Waals surface area contributed by atoms with Gasteiger partial charge in [-0.05, 0) is 70.6 Å². The summed E-state index contributed by atoms with van der Waals surface area (Å²) >= 11 is 0. The summed E-state index contributed by atoms with van der Waals surface area (Å²) in [4.78, 5) is 76.3. The van der Waals surface area contributed by atoms with Gasteiger partial charge >= 0.3 is 18.4 Å². The van der Waals surface area contributed by atoms with E-state index in [0.29, 0.717) is 27.3 Å². The fraction of sp³-hybridized carbons (Fsp3) is 0.278. The topological polar surface area (TPSA) is 214 Å². The van der Waals surface area contributed by atoms with Gasteiger partial charge < -0.3 is 35.2 Å². The molecule has 0 fully saturated rings. The third kappa shape index (κ3) is 4.92. The molecule has 0 amide bonds. The first-order valence-corrected chi connectivity index (χ1v) is 15.4. The molecule has 1 aliphatic rings. The lowest BCUT2D eigenvalue weighted by atomic mass is 9.78. The van der Waals surface area contributed by atoms with Gasteiger partial charge in [-0.25, -0.2) is 0 Å². The predicted molar refractivity (Wildman–Crippen MR) is 180 cm³/mol. The average Bonchev–Trinajstić information content (AvgIpc) is 3.18. The maximum atomic E-state index is 14.7. The van der Waals surface area contributed by atoms with Crippen molar-refractivity contribution in [2.24, 2.45) is 0 Å². The number of aromatic hydroxyl groups is 1. The Morgan fingerprint density at radius 3 is 2.16 bits per heavy atom. The van der Waals surface area contributed by atoms with Gasteiger partial charge in [-0.3, -0.25) is 28.8 Å². The number of anilines is 1. The molecule has 13 heteroatoms. The Labute approximate surface area is 276 Å². The van der Waals surface area contributed by atoms with Crippen LogP contribution in [0.3, 0.4) is 0 Å². The van der Waals surface area contributed by atoms with E-state index in [-0.39, 0.29) is 92.3 Å². The van der Waals surface area contributed by atoms with Crippen molar-refractivity contribution in [3.05, 3.63) is 66.0 Å². The van der Waals surface area contributed by atoms with Crippen LogP contribution in [0.4, 0.5) is 5.69 Å². The summed E-state index contributed by atoms with van der Waals surface area (Å²) in [6.07, 6.45) is 0.731. The van der Waals surface area contributed by atoms with Gasteiger partial charge in [0.05, 0.1) is 43.4 Å². The molecule has 252 valence electrons. The van der Waals surface area contributed by atoms with Gasteiger partial charge in [0.15, 0.2) is 22.4 Å². The Balaban J connectivity index is 1.98. The molecule has 0 heterocycles. The van der Waals surface area contributed by atoms with E-state index in [1.165, 1.54) is 20.1 Å². The number of phenols is 1. The summed E-state index contributed by atoms with van der Waals surface area (Å²) < 4.78 is 10.1. The molecule has 1 atom stereocenters. The largest absolute Gasteiger partial charge is 0.504 e. The van der Waals surface area contributed by atoms with E-state index in [4.69, 9.17) is 4.74 Å². The second kappa shape index (κ2) is 12.4. The molecule has 0 saturated heterocycles. The second-order valence-corrected chi connectivity index (χ2v) is 12.0. The molecule has 0 aromatic heterocycles. The van der Waals surface area contributed by atoms with Gasteiger partial charge in [-0.1, -0.05) is 11.6 Å². The number of aliphatic carboxylic acids is 1. The summed E-state index contributed by atoms with van der Waals surface area (Å²) in [7, 11) is 1.28. The Bertz CT molecular complexity index is 2410. The minimum atomic E-state index is -1.16. The number of carbonyl (C=O) groups excluding carboxylic acids is 3. The zero-order valence-electron chi connectivity index (χ0n) is 26.7. The van der Waals surface area contributed by atoms with E-state index in [9.17, 15) is 49.2 Å². The number of carboxylic acids is 1. The lowest BCUT2D eigenvalue weighted by molar-refractivity contribution is -0.151. The van der Waals surface area contributed by atoms with E-state index < -0.39 is 54.1 Å². The molecule has 0 saturated carbocycles. The van der Waals surface area contributed by atoms with Gasteiger partial charge in [0.1, 0.15) is 5.78 Å². The number of ether oxygens (including phenoxy) is 2. The van der Waals surface area contributed by atoms with Gasteiger partial charge in [-0.2, -0.15) is 0 Å². The van der Waals surface area contributed by atoms with Gasteiger partial charge in [0.25, 0.3) is 0 Å². The first-order valence-electron chi connectivity index (χ1n) is 15.4. The molecule has 5 N–H and O–H groups in total. The number of ketones is 1. The molecule has 1 aliphatic carbocycles. The second-order valence-electron chi connectivity index (χ2n) is 12.0. The zero-order valence-corrected chi connectivity index (χ0v) is 26.7. The van der Waals surface area contributed by atoms with Crippen LogP contribution in [0.5, 0.6) is 11.5 Å². The normalized spacial score (nSPS) is 14.1. The van der Waals surface area contributed by atoms with Crippen LogP contribution in [0.25, 0.3) is 49.2 Å². The molecule has 0 radical (unpaired) electrons. The van der Waals surface area contributed by atoms with Crippen LogP contribution in [0.1, 0.15) is 60.4 Å². The van der Waals surface area contributed by atoms with Crippen LogP contribution in [0.2, 0.25) is 0 Å². The molecule has 0 aliphatic heterocycles. The first-order chi connectivity index (χ1) is 23.4. The Kier molecular flexibility index (Phi) is 8.42. The number of hydrogen-bond donors (Lipinski definition) is 5. The van der Waals surface area contributed by atoms with E-state index in [2.05, 4.69) is 10.1 Å². The number of benzene rings is 5. The zero-order chi connectivity index (χ0) is 35.5. The molecule has 0 bridgehead atoms. The van der Waals surface area contributed by atoms with Crippen LogP contribution in [-0.4, -0.2) is 58.3 Å². The maximum Gasteiger partial charge on any atom is 0.315 e. The fourth-order valence-electron chi connectivity index (χ4n) is 7.54. The van der Waals surface area contributed by atoms with Crippen molar-refractivity contribution < 1.29 is 49.1 Å². The van der Waals surface area contributed by atoms with Crippen molar-refractivity contribution >= 4 is 79.0 Å². The monoisotopic (exact) mass is 669 g/mol. The van der Waals surface area contributed by atoms with Crippen LogP contribution >= 0.6 is 0 Å². The lowest BCUT2D eigenvalue weighted by Gasteiger charge is -2.26. The molecular formula is C36H31NO12. The smallest absolute Gasteiger partial charge is 0.315 e. The number of rotatable bonds is 12. The summed E-state index contributed by atoms with van der Waals surface area (Å²) in [6.45, 7) is 1.70. The van der Waals surface area contributed by atoms with Crippen LogP contribution in [0, 0.1) is 0 Å². The maximum absolute atomic E-state index is 14.7. The minimum Gasteiger partial charge on any atom is -0.504 e. The van der Waals surface area contributed by atoms with Crippen molar-refractivity contribution in [3.8, 4) is 11.5 Å². The van der Waals surface area contributed by atoms with E-state index in [1.54, 1.807) is 13.0 Å². The average molecular weight is 670 g/mol. The Morgan fingerprint density at radius 2 is 1.57 bits per heavy atom. The van der Waals surface area contributed by atoms with Gasteiger partial charge in [0.2, 0.25) is 0 Å². The Hall–Kier alpha value is -5.66. The van der Waals surface area contributed by atoms with Crippen molar-refractivity contribution in [1.82, 2.24) is 0 Å². The number of carbonyl (C=O) groups is 4. The highest BCUT2D eigenvalue weighted by molar-refractivity contribution is 6.39. The summed E-state index contributed by atoms with van der Waals surface area (Å²) in [5, 5.41) is 47.3. The molecule has 5 aromatic rings. The van der Waals surface area contributed by atoms with Crippen molar-refractivity contribution in [2.45, 2.75) is 52.2 Å². The van der Waals surface area contributed by atoms with Crippen molar-refractivity contribution in [1.29, 1.82) is 0 Å². The van der Waals surface area contributed by atoms with Crippen LogP contribution in [-0.2, 0) is 43.5 Å². The molecule has 1 unspecified atom stereocenters. The highest BCUT2D eigenvalue weighted by Gasteiger charge is 2.36. The summed E-state index contributed by atoms with van der Waals surface area (Å²) in [6, 6.07) is 2.65. The number of nitrogens with one attached hydrogen (secondary N) is 1. The number of carboxylic acid groups (broad SMARTS) is 1. The number of hydrogen-bond acceptors (Lipinski definition) is 12. The molecule has 0 spiro atoms. The number of fused-ring (bicyclic) bond motifs is 1. The summed E-state index contributed by atoms with van der Waals surface area (Å²) in [5.41, 5.74) is 0.465. The third-order valence-corrected chi connectivity index (χ3v) is 9.32. The summed E-state index contributed by atoms with van der Waals surface area (Å²) in [5.74, 6) is -4.03. The highest BCUT2D eigenvalue weighted by atomic mass is 16.6. The standard InChI is InChI=1S/C36H31NO12/c1-14-8-19-18(4-5-22(43)44)34(46)28-20(37-7-6-23(45)49-13-40)9-16(11-38)25-26-17(12-39)10-21(42)29-31(26)32(27(19)30(25)28)33(24(14)15(2)41)36(48-3)35(29)47/h8-10,13,24,37-39,47H,4-7,11-12H2,1-3H3,(H,43,44). The van der Waals surface area contributed by atoms with E-state index in [0.717, 1.165) is 6.07 Å². The van der Waals surface area contributed by atoms with Crippen molar-refractivity contribution in [3.63, 3.8) is 0 Å². The van der Waals surface area contributed by atoms with Gasteiger partial charge in [0, 0.05) is 40.6 Å². The number of aliphatic hydroxyl groups is 2. The quantitative estimate of drug-likeness (QED) is 0.0425. The van der Waals surface area contributed by atoms with Crippen LogP contribution in [0.15, 0.2) is 27.3 Å². The molecule has 49 heavy (non-hydrogen) atoms. The van der Waals surface area contributed by atoms with E-state index >= 15 is 0 Å². The number of aliphatic hydroxyl groups excluding tert-OH is 2. The fourth-order valence-corrected chi connectivity index (χ4v) is 7.54. The predicted octanol–water partition coefficient (Wildman–Crippen LogP) is 3.20. The molecule has 6 rings (SSSR count). The number of esters is 1. The first kappa shape index (κ1) is 33.2. The van der Waals surface area contributed by atoms with Crippen molar-refractivity contribution in [2.75, 3.05) is 19.0 Å². The lowest BCUT2D eigenvalue weighted by Crippen LogP contribution is -2.18. The van der Waals surface area contributed by atoms with Gasteiger partial charge in [-0.15, -0.1) is 0 Å². The number of methoxy groups -OCH3 is 1. The van der Waals surface area contributed by atoms with Crippen LogP contribution < -0.4 is 20.9 Å². The molecule has 5 aromatic carbocycles. The number of Topliss-reactive ketones (excluding diaryl/α,β-unsaturated/α-hetero) is 1. The third-order valence-electron chi connectivity index (χ3n) is 9.32. The molecule has 13 nitrogen and oxygen atoms in total. The minimum absolute atomic E-state index is 0.000296.